The Labute approximate surface area is 177 Å². The summed E-state index contributed by atoms with van der Waals surface area (Å²) in [6.07, 6.45) is 1.38. The molecule has 0 atom stereocenters. The third-order valence-electron chi connectivity index (χ3n) is 4.11. The van der Waals surface area contributed by atoms with Crippen LogP contribution in [0.1, 0.15) is 26.3 Å². The Hall–Kier alpha value is -4.53. The van der Waals surface area contributed by atoms with Gasteiger partial charge in [-0.2, -0.15) is 5.10 Å². The lowest BCUT2D eigenvalue weighted by Crippen LogP contribution is -2.17. The van der Waals surface area contributed by atoms with Gasteiger partial charge in [0, 0.05) is 17.7 Å². The lowest BCUT2D eigenvalue weighted by Gasteiger charge is -2.06. The Morgan fingerprint density at radius 1 is 0.968 bits per heavy atom. The number of hydrogen-bond acceptors (Lipinski definition) is 7. The molecule has 0 aromatic heterocycles. The second kappa shape index (κ2) is 9.79. The Morgan fingerprint density at radius 3 is 2.29 bits per heavy atom. The molecule has 1 N–H and O–H groups in total. The summed E-state index contributed by atoms with van der Waals surface area (Å²) in [6.45, 7) is 0. The Balaban J connectivity index is 1.60. The maximum atomic E-state index is 12.3. The Morgan fingerprint density at radius 2 is 1.65 bits per heavy atom. The third-order valence-corrected chi connectivity index (χ3v) is 4.11. The quantitative estimate of drug-likeness (QED) is 0.205. The molecule has 3 aromatic carbocycles. The van der Waals surface area contributed by atoms with Crippen LogP contribution in [0.3, 0.4) is 0 Å². The zero-order valence-corrected chi connectivity index (χ0v) is 16.3. The number of nitrogens with one attached hydrogen (secondary N) is 1. The molecule has 0 aliphatic rings. The predicted octanol–water partition coefficient (Wildman–Crippen LogP) is 3.59. The standard InChI is InChI=1S/C22H17N3O6/c1-30-19-11-7-17(8-12-19)22(27)31-20-4-2-3-15(13-20)14-23-24-21(26)16-5-9-18(10-6-16)25(28)29/h2-14H,1H3,(H,24,26). The highest BCUT2D eigenvalue weighted by Crippen LogP contribution is 2.17. The number of benzene rings is 3. The van der Waals surface area contributed by atoms with Crippen LogP contribution in [0.15, 0.2) is 77.9 Å². The van der Waals surface area contributed by atoms with Crippen molar-refractivity contribution in [1.82, 2.24) is 5.43 Å². The van der Waals surface area contributed by atoms with E-state index in [0.717, 1.165) is 0 Å². The average Bonchev–Trinajstić information content (AvgIpc) is 2.79. The van der Waals surface area contributed by atoms with Gasteiger partial charge < -0.3 is 9.47 Å². The number of nitro benzene ring substituents is 1. The smallest absolute Gasteiger partial charge is 0.343 e. The van der Waals surface area contributed by atoms with Crippen LogP contribution in [0.2, 0.25) is 0 Å². The topological polar surface area (TPSA) is 120 Å². The molecule has 0 spiro atoms. The summed E-state index contributed by atoms with van der Waals surface area (Å²) in [5.74, 6) is -0.103. The van der Waals surface area contributed by atoms with E-state index in [1.807, 2.05) is 0 Å². The van der Waals surface area contributed by atoms with Gasteiger partial charge in [-0.25, -0.2) is 10.2 Å². The molecule has 0 saturated carbocycles. The number of carbonyl (C=O) groups is 2. The number of rotatable bonds is 7. The van der Waals surface area contributed by atoms with E-state index >= 15 is 0 Å². The van der Waals surface area contributed by atoms with Crippen molar-refractivity contribution in [1.29, 1.82) is 0 Å². The minimum atomic E-state index is -0.547. The van der Waals surface area contributed by atoms with Crippen LogP contribution in [0.5, 0.6) is 11.5 Å². The molecule has 156 valence electrons. The van der Waals surface area contributed by atoms with Crippen molar-refractivity contribution in [2.75, 3.05) is 7.11 Å². The minimum Gasteiger partial charge on any atom is -0.497 e. The number of amides is 1. The minimum absolute atomic E-state index is 0.110. The Bertz CT molecular complexity index is 1120. The summed E-state index contributed by atoms with van der Waals surface area (Å²) < 4.78 is 10.4. The van der Waals surface area contributed by atoms with Crippen molar-refractivity contribution >= 4 is 23.8 Å². The van der Waals surface area contributed by atoms with Gasteiger partial charge in [0.2, 0.25) is 0 Å². The lowest BCUT2D eigenvalue weighted by atomic mass is 10.2. The number of non-ortho nitro benzene ring substituents is 1. The molecule has 0 radical (unpaired) electrons. The first kappa shape index (κ1) is 21.2. The van der Waals surface area contributed by atoms with Crippen LogP contribution in [0.25, 0.3) is 0 Å². The lowest BCUT2D eigenvalue weighted by molar-refractivity contribution is -0.384. The van der Waals surface area contributed by atoms with E-state index in [-0.39, 0.29) is 11.3 Å². The summed E-state index contributed by atoms with van der Waals surface area (Å²) in [5.41, 5.74) is 3.41. The summed E-state index contributed by atoms with van der Waals surface area (Å²) in [5, 5.41) is 14.5. The van der Waals surface area contributed by atoms with Crippen molar-refractivity contribution in [3.8, 4) is 11.5 Å². The molecule has 0 unspecified atom stereocenters. The molecule has 0 fully saturated rings. The van der Waals surface area contributed by atoms with Crippen LogP contribution in [-0.4, -0.2) is 30.1 Å². The first-order valence-corrected chi connectivity index (χ1v) is 9.00. The van der Waals surface area contributed by atoms with Crippen molar-refractivity contribution in [2.24, 2.45) is 5.10 Å². The van der Waals surface area contributed by atoms with Gasteiger partial charge >= 0.3 is 5.97 Å². The molecule has 0 bridgehead atoms. The molecule has 31 heavy (non-hydrogen) atoms. The fourth-order valence-electron chi connectivity index (χ4n) is 2.52. The van der Waals surface area contributed by atoms with Crippen LogP contribution in [-0.2, 0) is 0 Å². The summed E-state index contributed by atoms with van der Waals surface area (Å²) in [7, 11) is 1.54. The first-order chi connectivity index (χ1) is 15.0. The number of nitrogens with zero attached hydrogens (tertiary/aromatic N) is 2. The van der Waals surface area contributed by atoms with Crippen LogP contribution >= 0.6 is 0 Å². The van der Waals surface area contributed by atoms with E-state index in [9.17, 15) is 19.7 Å². The normalized spacial score (nSPS) is 10.5. The number of hydrazone groups is 1. The number of esters is 1. The van der Waals surface area contributed by atoms with E-state index in [1.165, 1.54) is 37.6 Å². The molecule has 3 aromatic rings. The molecule has 1 amide bonds. The zero-order chi connectivity index (χ0) is 22.2. The van der Waals surface area contributed by atoms with Crippen molar-refractivity contribution in [2.45, 2.75) is 0 Å². The van der Waals surface area contributed by atoms with E-state index < -0.39 is 16.8 Å². The molecule has 9 heteroatoms. The van der Waals surface area contributed by atoms with Gasteiger partial charge in [0.15, 0.2) is 0 Å². The summed E-state index contributed by atoms with van der Waals surface area (Å²) in [6, 6.07) is 18.3. The molecule has 0 saturated heterocycles. The van der Waals surface area contributed by atoms with Crippen LogP contribution < -0.4 is 14.9 Å². The monoisotopic (exact) mass is 419 g/mol. The maximum Gasteiger partial charge on any atom is 0.343 e. The average molecular weight is 419 g/mol. The number of carbonyl (C=O) groups excluding carboxylic acids is 2. The van der Waals surface area contributed by atoms with Crippen LogP contribution in [0.4, 0.5) is 5.69 Å². The highest BCUT2D eigenvalue weighted by Gasteiger charge is 2.10. The van der Waals surface area contributed by atoms with Crippen molar-refractivity contribution in [3.63, 3.8) is 0 Å². The van der Waals surface area contributed by atoms with Crippen molar-refractivity contribution < 1.29 is 24.0 Å². The van der Waals surface area contributed by atoms with Gasteiger partial charge in [-0.05, 0) is 54.1 Å². The van der Waals surface area contributed by atoms with Gasteiger partial charge in [0.1, 0.15) is 11.5 Å². The number of nitro groups is 1. The molecule has 0 heterocycles. The van der Waals surface area contributed by atoms with E-state index in [1.54, 1.807) is 48.5 Å². The fraction of sp³-hybridized carbons (Fsp3) is 0.0455. The highest BCUT2D eigenvalue weighted by molar-refractivity contribution is 5.95. The molecular weight excluding hydrogens is 402 g/mol. The van der Waals surface area contributed by atoms with Gasteiger partial charge in [-0.15, -0.1) is 0 Å². The number of hydrogen-bond donors (Lipinski definition) is 1. The number of ether oxygens (including phenoxy) is 2. The van der Waals surface area contributed by atoms with Gasteiger partial charge in [-0.3, -0.25) is 14.9 Å². The Kier molecular flexibility index (Phi) is 6.69. The van der Waals surface area contributed by atoms with Gasteiger partial charge in [-0.1, -0.05) is 12.1 Å². The largest absolute Gasteiger partial charge is 0.497 e. The zero-order valence-electron chi connectivity index (χ0n) is 16.3. The molecular formula is C22H17N3O6. The van der Waals surface area contributed by atoms with Gasteiger partial charge in [0.05, 0.1) is 23.8 Å². The molecule has 0 aliphatic heterocycles. The van der Waals surface area contributed by atoms with E-state index in [0.29, 0.717) is 22.6 Å². The molecule has 9 nitrogen and oxygen atoms in total. The highest BCUT2D eigenvalue weighted by atomic mass is 16.6. The maximum absolute atomic E-state index is 12.3. The summed E-state index contributed by atoms with van der Waals surface area (Å²) in [4.78, 5) is 34.4. The van der Waals surface area contributed by atoms with Gasteiger partial charge in [0.25, 0.3) is 11.6 Å². The SMILES string of the molecule is COc1ccc(C(=O)Oc2cccc(C=NNC(=O)c3ccc([N+](=O)[O-])cc3)c2)cc1. The van der Waals surface area contributed by atoms with E-state index in [2.05, 4.69) is 10.5 Å². The molecule has 0 aliphatic carbocycles. The molecule has 3 rings (SSSR count). The number of methoxy groups -OCH3 is 1. The predicted molar refractivity (Wildman–Crippen MR) is 113 cm³/mol. The first-order valence-electron chi connectivity index (χ1n) is 9.00. The fourth-order valence-corrected chi connectivity index (χ4v) is 2.52. The second-order valence-electron chi connectivity index (χ2n) is 6.19. The second-order valence-corrected chi connectivity index (χ2v) is 6.19. The third kappa shape index (κ3) is 5.73. The van der Waals surface area contributed by atoms with Crippen LogP contribution in [0, 0.1) is 10.1 Å². The summed E-state index contributed by atoms with van der Waals surface area (Å²) >= 11 is 0. The van der Waals surface area contributed by atoms with Crippen molar-refractivity contribution in [3.05, 3.63) is 99.6 Å². The van der Waals surface area contributed by atoms with E-state index in [4.69, 9.17) is 9.47 Å².